The summed E-state index contributed by atoms with van der Waals surface area (Å²) in [5.74, 6) is 0.438. The number of ether oxygens (including phenoxy) is 2. The molecule has 0 aromatic heterocycles. The second-order valence-corrected chi connectivity index (χ2v) is 11.0. The molecule has 33 heavy (non-hydrogen) atoms. The Bertz CT molecular complexity index is 1070. The molecule has 1 unspecified atom stereocenters. The Morgan fingerprint density at radius 1 is 1.09 bits per heavy atom. The monoisotopic (exact) mass is 538 g/mol. The van der Waals surface area contributed by atoms with E-state index in [2.05, 4.69) is 21.2 Å². The molecule has 7 nitrogen and oxygen atoms in total. The second-order valence-electron chi connectivity index (χ2n) is 8.20. The van der Waals surface area contributed by atoms with Crippen molar-refractivity contribution in [2.75, 3.05) is 20.8 Å². The largest absolute Gasteiger partial charge is 0.493 e. The third-order valence-corrected chi connectivity index (χ3v) is 8.36. The maximum Gasteiger partial charge on any atom is 0.243 e. The summed E-state index contributed by atoms with van der Waals surface area (Å²) >= 11 is 3.44. The van der Waals surface area contributed by atoms with Crippen LogP contribution < -0.4 is 14.8 Å². The number of nitrogens with zero attached hydrogens (tertiary/aromatic N) is 1. The molecule has 0 radical (unpaired) electrons. The van der Waals surface area contributed by atoms with Gasteiger partial charge in [0.2, 0.25) is 15.9 Å². The lowest BCUT2D eigenvalue weighted by Gasteiger charge is -2.33. The molecule has 2 aromatic rings. The van der Waals surface area contributed by atoms with Gasteiger partial charge >= 0.3 is 0 Å². The summed E-state index contributed by atoms with van der Waals surface area (Å²) in [4.78, 5) is 13.1. The van der Waals surface area contributed by atoms with E-state index >= 15 is 0 Å². The van der Waals surface area contributed by atoms with Crippen molar-refractivity contribution in [3.63, 3.8) is 0 Å². The van der Waals surface area contributed by atoms with Crippen LogP contribution in [0.4, 0.5) is 0 Å². The Balaban J connectivity index is 1.86. The SMILES string of the molecule is COc1ccc(S(=O)(=O)N(CC(=O)NC(C)c2cccc(Br)c2)C2CCCCC2)cc1OC. The molecule has 2 aromatic carbocycles. The van der Waals surface area contributed by atoms with Crippen LogP contribution in [0.25, 0.3) is 0 Å². The highest BCUT2D eigenvalue weighted by atomic mass is 79.9. The first-order chi connectivity index (χ1) is 15.8. The van der Waals surface area contributed by atoms with Gasteiger partial charge in [-0.15, -0.1) is 0 Å². The Hall–Kier alpha value is -2.10. The van der Waals surface area contributed by atoms with Crippen molar-refractivity contribution in [1.82, 2.24) is 9.62 Å². The molecule has 1 atom stereocenters. The van der Waals surface area contributed by atoms with Crippen molar-refractivity contribution in [2.45, 2.75) is 56.0 Å². The van der Waals surface area contributed by atoms with Crippen LogP contribution in [0.2, 0.25) is 0 Å². The summed E-state index contributed by atoms with van der Waals surface area (Å²) in [6.45, 7) is 1.65. The quantitative estimate of drug-likeness (QED) is 0.501. The lowest BCUT2D eigenvalue weighted by atomic mass is 9.95. The topological polar surface area (TPSA) is 84.9 Å². The van der Waals surface area contributed by atoms with Crippen LogP contribution in [0, 0.1) is 0 Å². The van der Waals surface area contributed by atoms with Gasteiger partial charge < -0.3 is 14.8 Å². The molecule has 0 aliphatic heterocycles. The summed E-state index contributed by atoms with van der Waals surface area (Å²) < 4.78 is 40.2. The molecule has 0 saturated heterocycles. The fourth-order valence-electron chi connectivity index (χ4n) is 4.18. The van der Waals surface area contributed by atoms with Gasteiger partial charge in [-0.3, -0.25) is 4.79 Å². The summed E-state index contributed by atoms with van der Waals surface area (Å²) in [6.07, 6.45) is 4.44. The van der Waals surface area contributed by atoms with Gasteiger partial charge in [0.05, 0.1) is 31.7 Å². The van der Waals surface area contributed by atoms with E-state index in [1.54, 1.807) is 6.07 Å². The highest BCUT2D eigenvalue weighted by Gasteiger charge is 2.34. The Morgan fingerprint density at radius 3 is 2.42 bits per heavy atom. The lowest BCUT2D eigenvalue weighted by molar-refractivity contribution is -0.122. The van der Waals surface area contributed by atoms with E-state index in [1.165, 1.54) is 30.7 Å². The number of methoxy groups -OCH3 is 2. The van der Waals surface area contributed by atoms with Crippen LogP contribution in [-0.4, -0.2) is 45.4 Å². The number of nitrogens with one attached hydrogen (secondary N) is 1. The van der Waals surface area contributed by atoms with Crippen molar-refractivity contribution in [1.29, 1.82) is 0 Å². The maximum atomic E-state index is 13.7. The molecular formula is C24H31BrN2O5S. The van der Waals surface area contributed by atoms with Gasteiger partial charge in [-0.2, -0.15) is 4.31 Å². The van der Waals surface area contributed by atoms with Gasteiger partial charge in [-0.25, -0.2) is 8.42 Å². The number of benzene rings is 2. The summed E-state index contributed by atoms with van der Waals surface area (Å²) in [5, 5.41) is 2.95. The van der Waals surface area contributed by atoms with E-state index in [0.29, 0.717) is 11.5 Å². The smallest absolute Gasteiger partial charge is 0.243 e. The van der Waals surface area contributed by atoms with Gasteiger partial charge in [-0.05, 0) is 49.6 Å². The molecule has 1 fully saturated rings. The Kier molecular flexibility index (Phi) is 8.78. The van der Waals surface area contributed by atoms with Crippen LogP contribution >= 0.6 is 15.9 Å². The minimum absolute atomic E-state index is 0.0820. The first-order valence-electron chi connectivity index (χ1n) is 11.0. The molecule has 1 aliphatic carbocycles. The molecule has 9 heteroatoms. The number of hydrogen-bond donors (Lipinski definition) is 1. The zero-order valence-electron chi connectivity index (χ0n) is 19.2. The predicted octanol–water partition coefficient (Wildman–Crippen LogP) is 4.67. The van der Waals surface area contributed by atoms with Gasteiger partial charge in [0.1, 0.15) is 0 Å². The average Bonchev–Trinajstić information content (AvgIpc) is 2.82. The number of halogens is 1. The van der Waals surface area contributed by atoms with E-state index in [-0.39, 0.29) is 29.4 Å². The molecule has 180 valence electrons. The molecule has 0 spiro atoms. The maximum absolute atomic E-state index is 13.7. The lowest BCUT2D eigenvalue weighted by Crippen LogP contribution is -2.47. The minimum atomic E-state index is -3.93. The van der Waals surface area contributed by atoms with Crippen LogP contribution in [0.3, 0.4) is 0 Å². The summed E-state index contributed by atoms with van der Waals surface area (Å²) in [7, 11) is -0.972. The molecule has 1 N–H and O–H groups in total. The third kappa shape index (κ3) is 6.28. The zero-order chi connectivity index (χ0) is 24.0. The van der Waals surface area contributed by atoms with Gasteiger partial charge in [0, 0.05) is 16.6 Å². The van der Waals surface area contributed by atoms with Crippen molar-refractivity contribution in [3.8, 4) is 11.5 Å². The molecule has 1 saturated carbocycles. The number of hydrogen-bond acceptors (Lipinski definition) is 5. The first kappa shape index (κ1) is 25.5. The number of rotatable bonds is 9. The van der Waals surface area contributed by atoms with Crippen molar-refractivity contribution < 1.29 is 22.7 Å². The second kappa shape index (κ2) is 11.4. The van der Waals surface area contributed by atoms with Gasteiger partial charge in [-0.1, -0.05) is 47.3 Å². The van der Waals surface area contributed by atoms with Crippen molar-refractivity contribution in [3.05, 3.63) is 52.5 Å². The van der Waals surface area contributed by atoms with Crippen LogP contribution in [-0.2, 0) is 14.8 Å². The Labute approximate surface area is 204 Å². The number of carbonyl (C=O) groups is 1. The molecule has 0 bridgehead atoms. The molecule has 1 aliphatic rings. The normalized spacial score (nSPS) is 15.8. The van der Waals surface area contributed by atoms with Crippen LogP contribution in [0.5, 0.6) is 11.5 Å². The van der Waals surface area contributed by atoms with E-state index in [9.17, 15) is 13.2 Å². The van der Waals surface area contributed by atoms with E-state index in [0.717, 1.165) is 42.1 Å². The fraction of sp³-hybridized carbons (Fsp3) is 0.458. The summed E-state index contributed by atoms with van der Waals surface area (Å²) in [6, 6.07) is 11.7. The molecule has 0 heterocycles. The zero-order valence-corrected chi connectivity index (χ0v) is 21.6. The molecule has 3 rings (SSSR count). The first-order valence-corrected chi connectivity index (χ1v) is 13.3. The third-order valence-electron chi connectivity index (χ3n) is 5.97. The fourth-order valence-corrected chi connectivity index (χ4v) is 6.25. The van der Waals surface area contributed by atoms with Crippen LogP contribution in [0.1, 0.15) is 50.6 Å². The minimum Gasteiger partial charge on any atom is -0.493 e. The molecule has 1 amide bonds. The number of amides is 1. The number of sulfonamides is 1. The predicted molar refractivity (Wildman–Crippen MR) is 131 cm³/mol. The van der Waals surface area contributed by atoms with E-state index in [1.807, 2.05) is 31.2 Å². The van der Waals surface area contributed by atoms with E-state index < -0.39 is 10.0 Å². The van der Waals surface area contributed by atoms with E-state index in [4.69, 9.17) is 9.47 Å². The van der Waals surface area contributed by atoms with Crippen molar-refractivity contribution >= 4 is 31.9 Å². The highest BCUT2D eigenvalue weighted by Crippen LogP contribution is 2.33. The van der Waals surface area contributed by atoms with Crippen LogP contribution in [0.15, 0.2) is 51.8 Å². The Morgan fingerprint density at radius 2 is 1.79 bits per heavy atom. The van der Waals surface area contributed by atoms with Gasteiger partial charge in [0.25, 0.3) is 0 Å². The van der Waals surface area contributed by atoms with Gasteiger partial charge in [0.15, 0.2) is 11.5 Å². The van der Waals surface area contributed by atoms with Crippen molar-refractivity contribution in [2.24, 2.45) is 0 Å². The number of carbonyl (C=O) groups excluding carboxylic acids is 1. The average molecular weight is 539 g/mol. The standard InChI is InChI=1S/C24H31BrN2O5S/c1-17(18-8-7-9-19(25)14-18)26-24(28)16-27(20-10-5-4-6-11-20)33(29,30)21-12-13-22(31-2)23(15-21)32-3/h7-9,12-15,17,20H,4-6,10-11,16H2,1-3H3,(H,26,28). The summed E-state index contributed by atoms with van der Waals surface area (Å²) in [5.41, 5.74) is 0.935. The molecular weight excluding hydrogens is 508 g/mol. The highest BCUT2D eigenvalue weighted by molar-refractivity contribution is 9.10.